The molecule has 0 aromatic carbocycles. The van der Waals surface area contributed by atoms with Crippen molar-refractivity contribution < 1.29 is 4.74 Å². The van der Waals surface area contributed by atoms with Crippen LogP contribution >= 0.6 is 0 Å². The highest BCUT2D eigenvalue weighted by Crippen LogP contribution is 2.06. The highest BCUT2D eigenvalue weighted by atomic mass is 16.5. The molecule has 0 radical (unpaired) electrons. The zero-order valence-corrected chi connectivity index (χ0v) is 11.0. The maximum absolute atomic E-state index is 5.61. The van der Waals surface area contributed by atoms with Gasteiger partial charge in [-0.15, -0.1) is 0 Å². The van der Waals surface area contributed by atoms with Crippen LogP contribution in [0.5, 0.6) is 0 Å². The van der Waals surface area contributed by atoms with Crippen LogP contribution in [0, 0.1) is 0 Å². The molecule has 0 aliphatic rings. The van der Waals surface area contributed by atoms with Crippen LogP contribution in [0.3, 0.4) is 0 Å². The fourth-order valence-corrected chi connectivity index (χ4v) is 1.62. The van der Waals surface area contributed by atoms with E-state index in [1.165, 1.54) is 19.3 Å². The zero-order valence-electron chi connectivity index (χ0n) is 11.0. The van der Waals surface area contributed by atoms with Gasteiger partial charge in [0.25, 0.3) is 0 Å². The number of rotatable bonds is 9. The summed E-state index contributed by atoms with van der Waals surface area (Å²) in [6, 6.07) is 4.07. The number of nitrogens with zero attached hydrogens (tertiary/aromatic N) is 1. The fraction of sp³-hybridized carbons (Fsp3) is 0.643. The summed E-state index contributed by atoms with van der Waals surface area (Å²) in [5.41, 5.74) is 1.14. The molecule has 1 heterocycles. The molecule has 17 heavy (non-hydrogen) atoms. The molecule has 0 saturated heterocycles. The molecular formula is C14H24N2O. The zero-order chi connectivity index (χ0) is 12.3. The van der Waals surface area contributed by atoms with E-state index in [1.54, 1.807) is 0 Å². The lowest BCUT2D eigenvalue weighted by molar-refractivity contribution is 0.116. The molecule has 0 bridgehead atoms. The standard InChI is InChI=1S/C14H24N2O/c1-3-5-6-7-10-17-12-13-8-9-14(15-4-2)16-11-13/h8-9,11H,3-7,10,12H2,1-2H3,(H,15,16). The third kappa shape index (κ3) is 6.27. The van der Waals surface area contributed by atoms with Gasteiger partial charge in [0.05, 0.1) is 6.61 Å². The molecule has 3 nitrogen and oxygen atoms in total. The third-order valence-electron chi connectivity index (χ3n) is 2.59. The first-order valence-corrected chi connectivity index (χ1v) is 6.63. The molecule has 96 valence electrons. The summed E-state index contributed by atoms with van der Waals surface area (Å²) < 4.78 is 5.61. The Labute approximate surface area is 105 Å². The van der Waals surface area contributed by atoms with Gasteiger partial charge in [0.2, 0.25) is 0 Å². The summed E-state index contributed by atoms with van der Waals surface area (Å²) in [7, 11) is 0. The highest BCUT2D eigenvalue weighted by Gasteiger charge is 1.95. The molecule has 1 rings (SSSR count). The summed E-state index contributed by atoms with van der Waals surface area (Å²) in [6.45, 7) is 6.72. The Morgan fingerprint density at radius 2 is 2.06 bits per heavy atom. The van der Waals surface area contributed by atoms with Crippen molar-refractivity contribution in [3.05, 3.63) is 23.9 Å². The number of nitrogens with one attached hydrogen (secondary N) is 1. The Morgan fingerprint density at radius 1 is 1.18 bits per heavy atom. The Morgan fingerprint density at radius 3 is 2.71 bits per heavy atom. The third-order valence-corrected chi connectivity index (χ3v) is 2.59. The summed E-state index contributed by atoms with van der Waals surface area (Å²) in [5.74, 6) is 0.930. The lowest BCUT2D eigenvalue weighted by atomic mass is 10.2. The van der Waals surface area contributed by atoms with Crippen LogP contribution in [0.25, 0.3) is 0 Å². The second kappa shape index (κ2) is 8.99. The van der Waals surface area contributed by atoms with Gasteiger partial charge in [-0.1, -0.05) is 32.3 Å². The van der Waals surface area contributed by atoms with Crippen LogP contribution in [0.15, 0.2) is 18.3 Å². The van der Waals surface area contributed by atoms with Crippen LogP contribution in [0.2, 0.25) is 0 Å². The SMILES string of the molecule is CCCCCCOCc1ccc(NCC)nc1. The van der Waals surface area contributed by atoms with E-state index in [2.05, 4.69) is 30.2 Å². The molecule has 1 N–H and O–H groups in total. The van der Waals surface area contributed by atoms with E-state index >= 15 is 0 Å². The molecular weight excluding hydrogens is 212 g/mol. The number of aromatic nitrogens is 1. The van der Waals surface area contributed by atoms with Crippen molar-refractivity contribution in [2.24, 2.45) is 0 Å². The molecule has 0 spiro atoms. The van der Waals surface area contributed by atoms with Crippen molar-refractivity contribution in [2.45, 2.75) is 46.1 Å². The molecule has 0 atom stereocenters. The smallest absolute Gasteiger partial charge is 0.125 e. The Kier molecular flexibility index (Phi) is 7.39. The maximum Gasteiger partial charge on any atom is 0.125 e. The van der Waals surface area contributed by atoms with Gasteiger partial charge in [0.15, 0.2) is 0 Å². The lowest BCUT2D eigenvalue weighted by Crippen LogP contribution is -2.00. The number of hydrogen-bond acceptors (Lipinski definition) is 3. The normalized spacial score (nSPS) is 10.5. The first-order valence-electron chi connectivity index (χ1n) is 6.63. The summed E-state index contributed by atoms with van der Waals surface area (Å²) in [4.78, 5) is 4.31. The minimum Gasteiger partial charge on any atom is -0.377 e. The van der Waals surface area contributed by atoms with E-state index in [1.807, 2.05) is 12.3 Å². The van der Waals surface area contributed by atoms with E-state index in [0.29, 0.717) is 6.61 Å². The van der Waals surface area contributed by atoms with Gasteiger partial charge in [0, 0.05) is 19.3 Å². The van der Waals surface area contributed by atoms with Gasteiger partial charge in [-0.3, -0.25) is 0 Å². The van der Waals surface area contributed by atoms with Crippen LogP contribution in [-0.2, 0) is 11.3 Å². The second-order valence-corrected chi connectivity index (χ2v) is 4.20. The van der Waals surface area contributed by atoms with Gasteiger partial charge in [-0.2, -0.15) is 0 Å². The Balaban J connectivity index is 2.14. The second-order valence-electron chi connectivity index (χ2n) is 4.20. The molecule has 3 heteroatoms. The number of ether oxygens (including phenoxy) is 1. The van der Waals surface area contributed by atoms with Crippen molar-refractivity contribution in [2.75, 3.05) is 18.5 Å². The Hall–Kier alpha value is -1.09. The largest absolute Gasteiger partial charge is 0.377 e. The van der Waals surface area contributed by atoms with Crippen molar-refractivity contribution in [3.63, 3.8) is 0 Å². The molecule has 0 fully saturated rings. The minimum atomic E-state index is 0.672. The Bertz CT molecular complexity index is 285. The fourth-order valence-electron chi connectivity index (χ4n) is 1.62. The molecule has 0 amide bonds. The predicted molar refractivity (Wildman–Crippen MR) is 72.2 cm³/mol. The molecule has 0 saturated carbocycles. The molecule has 0 aliphatic heterocycles. The highest BCUT2D eigenvalue weighted by molar-refractivity contribution is 5.34. The monoisotopic (exact) mass is 236 g/mol. The van der Waals surface area contributed by atoms with E-state index in [4.69, 9.17) is 4.74 Å². The summed E-state index contributed by atoms with van der Waals surface area (Å²) >= 11 is 0. The van der Waals surface area contributed by atoms with Gasteiger partial charge < -0.3 is 10.1 Å². The van der Waals surface area contributed by atoms with E-state index < -0.39 is 0 Å². The van der Waals surface area contributed by atoms with Gasteiger partial charge in [-0.05, 0) is 25.0 Å². The first kappa shape index (κ1) is 14.0. The molecule has 1 aromatic heterocycles. The predicted octanol–water partition coefficient (Wildman–Crippen LogP) is 3.61. The van der Waals surface area contributed by atoms with Gasteiger partial charge in [-0.25, -0.2) is 4.98 Å². The number of unbranched alkanes of at least 4 members (excludes halogenated alkanes) is 3. The minimum absolute atomic E-state index is 0.672. The molecule has 1 aromatic rings. The quantitative estimate of drug-likeness (QED) is 0.665. The summed E-state index contributed by atoms with van der Waals surface area (Å²) in [6.07, 6.45) is 6.90. The van der Waals surface area contributed by atoms with Crippen LogP contribution in [-0.4, -0.2) is 18.1 Å². The van der Waals surface area contributed by atoms with Crippen molar-refractivity contribution in [3.8, 4) is 0 Å². The lowest BCUT2D eigenvalue weighted by Gasteiger charge is -2.05. The van der Waals surface area contributed by atoms with Crippen LogP contribution < -0.4 is 5.32 Å². The average molecular weight is 236 g/mol. The summed E-state index contributed by atoms with van der Waals surface area (Å²) in [5, 5.41) is 3.17. The molecule has 0 aliphatic carbocycles. The first-order chi connectivity index (χ1) is 8.36. The average Bonchev–Trinajstić information content (AvgIpc) is 2.36. The van der Waals surface area contributed by atoms with E-state index in [0.717, 1.165) is 31.0 Å². The van der Waals surface area contributed by atoms with Gasteiger partial charge in [0.1, 0.15) is 5.82 Å². The number of hydrogen-bond donors (Lipinski definition) is 1. The van der Waals surface area contributed by atoms with Crippen molar-refractivity contribution in [1.82, 2.24) is 4.98 Å². The van der Waals surface area contributed by atoms with Gasteiger partial charge >= 0.3 is 0 Å². The molecule has 0 unspecified atom stereocenters. The topological polar surface area (TPSA) is 34.1 Å². The van der Waals surface area contributed by atoms with Crippen molar-refractivity contribution in [1.29, 1.82) is 0 Å². The number of anilines is 1. The van der Waals surface area contributed by atoms with Crippen LogP contribution in [0.1, 0.15) is 45.1 Å². The van der Waals surface area contributed by atoms with Crippen LogP contribution in [0.4, 0.5) is 5.82 Å². The number of pyridine rings is 1. The maximum atomic E-state index is 5.61. The van der Waals surface area contributed by atoms with Crippen molar-refractivity contribution >= 4 is 5.82 Å². The van der Waals surface area contributed by atoms with E-state index in [-0.39, 0.29) is 0 Å². The van der Waals surface area contributed by atoms with E-state index in [9.17, 15) is 0 Å².